The van der Waals surface area contributed by atoms with E-state index in [0.29, 0.717) is 5.92 Å². The Hall–Kier alpha value is -0.0100. The van der Waals surface area contributed by atoms with Crippen LogP contribution >= 0.6 is 11.6 Å². The first-order valence-corrected chi connectivity index (χ1v) is 4.39. The molecule has 11 heavy (non-hydrogen) atoms. The first-order valence-electron chi connectivity index (χ1n) is 3.96. The minimum absolute atomic E-state index is 0.161. The zero-order valence-corrected chi connectivity index (χ0v) is 7.47. The SMILES string of the molecule is CC1[C]C(CC=CCl)OCC1. The summed E-state index contributed by atoms with van der Waals surface area (Å²) in [6.07, 6.45) is 7.33. The van der Waals surface area contributed by atoms with E-state index in [0.717, 1.165) is 19.4 Å². The van der Waals surface area contributed by atoms with E-state index in [1.54, 1.807) is 0 Å². The van der Waals surface area contributed by atoms with Crippen molar-refractivity contribution in [2.24, 2.45) is 5.92 Å². The third-order valence-corrected chi connectivity index (χ3v) is 1.96. The second-order valence-corrected chi connectivity index (χ2v) is 3.07. The fourth-order valence-electron chi connectivity index (χ4n) is 1.15. The van der Waals surface area contributed by atoms with Crippen molar-refractivity contribution in [2.45, 2.75) is 25.9 Å². The Morgan fingerprint density at radius 3 is 3.18 bits per heavy atom. The lowest BCUT2D eigenvalue weighted by atomic mass is 9.96. The number of hydrogen-bond donors (Lipinski definition) is 0. The molecule has 0 aromatic rings. The van der Waals surface area contributed by atoms with Gasteiger partial charge in [0, 0.05) is 18.6 Å². The Balaban J connectivity index is 2.22. The summed E-state index contributed by atoms with van der Waals surface area (Å²) in [6.45, 7) is 3.02. The number of hydrogen-bond acceptors (Lipinski definition) is 1. The Morgan fingerprint density at radius 1 is 1.73 bits per heavy atom. The van der Waals surface area contributed by atoms with E-state index in [9.17, 15) is 0 Å². The van der Waals surface area contributed by atoms with Gasteiger partial charge >= 0.3 is 0 Å². The fraction of sp³-hybridized carbons (Fsp3) is 0.667. The summed E-state index contributed by atoms with van der Waals surface area (Å²) in [6, 6.07) is 0. The quantitative estimate of drug-likeness (QED) is 0.622. The van der Waals surface area contributed by atoms with Gasteiger partial charge in [0.05, 0.1) is 6.10 Å². The van der Waals surface area contributed by atoms with Gasteiger partial charge in [-0.15, -0.1) is 0 Å². The van der Waals surface area contributed by atoms with Crippen molar-refractivity contribution < 1.29 is 4.74 Å². The predicted molar refractivity (Wildman–Crippen MR) is 46.4 cm³/mol. The monoisotopic (exact) mass is 172 g/mol. The minimum atomic E-state index is 0.161. The molecule has 2 heteroatoms. The zero-order valence-electron chi connectivity index (χ0n) is 6.72. The van der Waals surface area contributed by atoms with Crippen LogP contribution in [0.4, 0.5) is 0 Å². The normalized spacial score (nSPS) is 32.9. The van der Waals surface area contributed by atoms with Crippen molar-refractivity contribution in [3.8, 4) is 0 Å². The van der Waals surface area contributed by atoms with E-state index in [1.807, 2.05) is 6.08 Å². The van der Waals surface area contributed by atoms with Gasteiger partial charge in [0.2, 0.25) is 0 Å². The Kier molecular flexibility index (Phi) is 3.95. The molecular weight excluding hydrogens is 160 g/mol. The lowest BCUT2D eigenvalue weighted by molar-refractivity contribution is 0.0355. The molecule has 0 amide bonds. The van der Waals surface area contributed by atoms with Crippen LogP contribution in [-0.2, 0) is 4.74 Å². The topological polar surface area (TPSA) is 9.23 Å². The van der Waals surface area contributed by atoms with Crippen LogP contribution in [0.2, 0.25) is 0 Å². The fourth-order valence-corrected chi connectivity index (χ4v) is 1.25. The summed E-state index contributed by atoms with van der Waals surface area (Å²) < 4.78 is 5.43. The standard InChI is InChI=1S/C9H13ClO/c1-8-4-6-11-9(7-8)3-2-5-10/h2,5,8-9H,3-4,6H2,1H3. The Labute approximate surface area is 73.4 Å². The van der Waals surface area contributed by atoms with Gasteiger partial charge in [0.15, 0.2) is 0 Å². The molecule has 1 rings (SSSR count). The van der Waals surface area contributed by atoms with Crippen LogP contribution in [0.15, 0.2) is 11.6 Å². The maximum atomic E-state index is 5.43. The highest BCUT2D eigenvalue weighted by atomic mass is 35.5. The van der Waals surface area contributed by atoms with Gasteiger partial charge in [-0.3, -0.25) is 0 Å². The summed E-state index contributed by atoms with van der Waals surface area (Å²) in [7, 11) is 0. The Bertz CT molecular complexity index is 134. The maximum absolute atomic E-state index is 5.43. The highest BCUT2D eigenvalue weighted by Crippen LogP contribution is 2.20. The lowest BCUT2D eigenvalue weighted by Gasteiger charge is -2.25. The zero-order chi connectivity index (χ0) is 8.10. The van der Waals surface area contributed by atoms with Crippen molar-refractivity contribution in [1.29, 1.82) is 0 Å². The summed E-state index contributed by atoms with van der Waals surface area (Å²) in [4.78, 5) is 0. The molecule has 1 nitrogen and oxygen atoms in total. The molecule has 1 saturated heterocycles. The molecule has 2 radical (unpaired) electrons. The first-order chi connectivity index (χ1) is 5.33. The molecule has 0 aromatic carbocycles. The highest BCUT2D eigenvalue weighted by molar-refractivity contribution is 6.25. The molecule has 1 fully saturated rings. The van der Waals surface area contributed by atoms with Gasteiger partial charge in [-0.1, -0.05) is 24.6 Å². The van der Waals surface area contributed by atoms with Crippen LogP contribution in [0, 0.1) is 12.3 Å². The molecule has 0 saturated carbocycles. The van der Waals surface area contributed by atoms with Crippen LogP contribution in [0.5, 0.6) is 0 Å². The number of ether oxygens (including phenoxy) is 1. The van der Waals surface area contributed by atoms with Gasteiger partial charge in [-0.25, -0.2) is 0 Å². The highest BCUT2D eigenvalue weighted by Gasteiger charge is 2.18. The molecule has 0 aromatic heterocycles. The van der Waals surface area contributed by atoms with Crippen molar-refractivity contribution in [3.63, 3.8) is 0 Å². The molecule has 2 unspecified atom stereocenters. The summed E-state index contributed by atoms with van der Waals surface area (Å²) in [5.41, 5.74) is 1.53. The summed E-state index contributed by atoms with van der Waals surface area (Å²) in [5.74, 6) is 0.567. The largest absolute Gasteiger partial charge is 0.377 e. The van der Waals surface area contributed by atoms with Crippen molar-refractivity contribution in [1.82, 2.24) is 0 Å². The Morgan fingerprint density at radius 2 is 2.55 bits per heavy atom. The van der Waals surface area contributed by atoms with E-state index < -0.39 is 0 Å². The van der Waals surface area contributed by atoms with Crippen LogP contribution < -0.4 is 0 Å². The molecule has 0 spiro atoms. The molecule has 62 valence electrons. The van der Waals surface area contributed by atoms with Crippen LogP contribution in [0.1, 0.15) is 19.8 Å². The van der Waals surface area contributed by atoms with E-state index in [4.69, 9.17) is 16.3 Å². The van der Waals surface area contributed by atoms with Crippen molar-refractivity contribution in [2.75, 3.05) is 6.61 Å². The van der Waals surface area contributed by atoms with Crippen LogP contribution in [0.3, 0.4) is 0 Å². The second kappa shape index (κ2) is 4.78. The molecule has 1 aliphatic rings. The third-order valence-electron chi connectivity index (χ3n) is 1.78. The smallest absolute Gasteiger partial charge is 0.0681 e. The molecular formula is C9H13ClO. The third kappa shape index (κ3) is 3.26. The average Bonchev–Trinajstić information content (AvgIpc) is 2.01. The lowest BCUT2D eigenvalue weighted by Crippen LogP contribution is -2.24. The van der Waals surface area contributed by atoms with E-state index in [2.05, 4.69) is 13.3 Å². The maximum Gasteiger partial charge on any atom is 0.0681 e. The average molecular weight is 173 g/mol. The number of halogens is 1. The first kappa shape index (κ1) is 9.08. The van der Waals surface area contributed by atoms with Gasteiger partial charge in [0.25, 0.3) is 0 Å². The molecule has 2 atom stereocenters. The van der Waals surface area contributed by atoms with E-state index in [-0.39, 0.29) is 6.10 Å². The van der Waals surface area contributed by atoms with Gasteiger partial charge in [0.1, 0.15) is 0 Å². The van der Waals surface area contributed by atoms with Crippen molar-refractivity contribution >= 4 is 11.6 Å². The summed E-state index contributed by atoms with van der Waals surface area (Å²) in [5, 5.41) is 0. The van der Waals surface area contributed by atoms with Crippen LogP contribution in [0.25, 0.3) is 0 Å². The van der Waals surface area contributed by atoms with E-state index in [1.165, 1.54) is 5.54 Å². The molecule has 0 bridgehead atoms. The van der Waals surface area contributed by atoms with E-state index >= 15 is 0 Å². The van der Waals surface area contributed by atoms with Crippen LogP contribution in [-0.4, -0.2) is 12.7 Å². The predicted octanol–water partition coefficient (Wildman–Crippen LogP) is 2.64. The molecule has 0 N–H and O–H groups in total. The molecule has 1 aliphatic heterocycles. The van der Waals surface area contributed by atoms with Gasteiger partial charge in [-0.2, -0.15) is 0 Å². The van der Waals surface area contributed by atoms with Gasteiger partial charge < -0.3 is 4.74 Å². The molecule has 0 aliphatic carbocycles. The summed E-state index contributed by atoms with van der Waals surface area (Å²) >= 11 is 5.39. The second-order valence-electron chi connectivity index (χ2n) is 2.81. The van der Waals surface area contributed by atoms with Gasteiger partial charge in [-0.05, 0) is 18.8 Å². The molecule has 1 heterocycles. The van der Waals surface area contributed by atoms with Crippen molar-refractivity contribution in [3.05, 3.63) is 18.0 Å². The number of rotatable bonds is 2. The minimum Gasteiger partial charge on any atom is -0.377 e.